The zero-order valence-corrected chi connectivity index (χ0v) is 13.1. The molecule has 4 atom stereocenters. The molecule has 0 heterocycles. The van der Waals surface area contributed by atoms with Crippen LogP contribution in [0.25, 0.3) is 0 Å². The summed E-state index contributed by atoms with van der Waals surface area (Å²) in [4.78, 5) is 0. The normalized spacial score (nSPS) is 67.3. The van der Waals surface area contributed by atoms with Gasteiger partial charge in [0.1, 0.15) is 0 Å². The fourth-order valence-electron chi connectivity index (χ4n) is 5.84. The van der Waals surface area contributed by atoms with E-state index < -0.39 is 0 Å². The molecule has 0 spiro atoms. The average molecular weight is 348 g/mol. The molecule has 5 saturated carbocycles. The maximum atomic E-state index is 4.08. The van der Waals surface area contributed by atoms with E-state index in [1.54, 1.807) is 6.42 Å². The number of halogens is 2. The highest BCUT2D eigenvalue weighted by Crippen LogP contribution is 2.68. The van der Waals surface area contributed by atoms with E-state index in [0.29, 0.717) is 8.65 Å². The van der Waals surface area contributed by atoms with E-state index in [1.165, 1.54) is 32.1 Å². The van der Waals surface area contributed by atoms with Gasteiger partial charge in [-0.2, -0.15) is 0 Å². The third-order valence-corrected chi connectivity index (χ3v) is 7.72. The van der Waals surface area contributed by atoms with Gasteiger partial charge in [-0.15, -0.1) is 0 Å². The summed E-state index contributed by atoms with van der Waals surface area (Å²) in [7, 11) is 0. The maximum Gasteiger partial charge on any atom is 0.0266 e. The predicted molar refractivity (Wildman–Crippen MR) is 74.1 cm³/mol. The van der Waals surface area contributed by atoms with E-state index in [0.717, 1.165) is 29.6 Å². The summed E-state index contributed by atoms with van der Waals surface area (Å²) < 4.78 is 1.03. The molecule has 0 saturated heterocycles. The van der Waals surface area contributed by atoms with Gasteiger partial charge in [-0.25, -0.2) is 0 Å². The van der Waals surface area contributed by atoms with Crippen LogP contribution in [0, 0.1) is 29.6 Å². The van der Waals surface area contributed by atoms with Crippen LogP contribution in [0.5, 0.6) is 0 Å². The van der Waals surface area contributed by atoms with Gasteiger partial charge < -0.3 is 0 Å². The molecule has 0 radical (unpaired) electrons. The largest absolute Gasteiger partial charge is 0.0856 e. The van der Waals surface area contributed by atoms with Gasteiger partial charge in [-0.05, 0) is 75.0 Å². The van der Waals surface area contributed by atoms with Crippen molar-refractivity contribution in [2.45, 2.75) is 54.1 Å². The second-order valence-electron chi connectivity index (χ2n) is 7.33. The van der Waals surface area contributed by atoms with Crippen LogP contribution in [0.1, 0.15) is 45.4 Å². The Morgan fingerprint density at radius 2 is 1.38 bits per heavy atom. The van der Waals surface area contributed by atoms with Crippen molar-refractivity contribution in [1.29, 1.82) is 0 Å². The average Bonchev–Trinajstić information content (AvgIpc) is 2.15. The van der Waals surface area contributed by atoms with Crippen molar-refractivity contribution in [3.8, 4) is 0 Å². The molecule has 0 aromatic heterocycles. The minimum atomic E-state index is 0.458. The standard InChI is InChI=1S/C14H20Br2/c1-13(15)5-10-8-2-9-4-14(16,3-8)7-12(10)11(9)6-13/h8-12H,2-7H2,1H3. The lowest BCUT2D eigenvalue weighted by Gasteiger charge is -2.65. The molecule has 6 bridgehead atoms. The Morgan fingerprint density at radius 3 is 1.94 bits per heavy atom. The number of hydrogen-bond acceptors (Lipinski definition) is 0. The molecule has 4 unspecified atom stereocenters. The molecular formula is C14H20Br2. The molecule has 0 nitrogen and oxygen atoms in total. The Bertz CT molecular complexity index is 308. The zero-order valence-electron chi connectivity index (χ0n) is 9.89. The van der Waals surface area contributed by atoms with Crippen LogP contribution in [-0.4, -0.2) is 8.65 Å². The molecule has 5 rings (SSSR count). The molecule has 0 N–H and O–H groups in total. The summed E-state index contributed by atoms with van der Waals surface area (Å²) in [5.41, 5.74) is 0. The van der Waals surface area contributed by atoms with Crippen LogP contribution in [0.3, 0.4) is 0 Å². The highest BCUT2D eigenvalue weighted by Gasteiger charge is 2.61. The van der Waals surface area contributed by atoms with Crippen LogP contribution >= 0.6 is 31.9 Å². The summed E-state index contributed by atoms with van der Waals surface area (Å²) in [6.45, 7) is 2.44. The third-order valence-electron chi connectivity index (χ3n) is 6.10. The van der Waals surface area contributed by atoms with E-state index in [4.69, 9.17) is 0 Å². The van der Waals surface area contributed by atoms with Crippen LogP contribution in [0.15, 0.2) is 0 Å². The molecule has 0 amide bonds. The highest BCUT2D eigenvalue weighted by atomic mass is 79.9. The molecule has 0 aromatic rings. The summed E-state index contributed by atoms with van der Waals surface area (Å²) >= 11 is 8.09. The van der Waals surface area contributed by atoms with Crippen LogP contribution in [0.4, 0.5) is 0 Å². The van der Waals surface area contributed by atoms with E-state index >= 15 is 0 Å². The molecule has 2 heteroatoms. The summed E-state index contributed by atoms with van der Waals surface area (Å²) in [6, 6.07) is 0. The molecule has 90 valence electrons. The Labute approximate surface area is 115 Å². The molecule has 0 aromatic carbocycles. The van der Waals surface area contributed by atoms with Crippen LogP contribution in [0.2, 0.25) is 0 Å². The minimum absolute atomic E-state index is 0.458. The molecule has 5 aliphatic rings. The molecule has 5 aliphatic carbocycles. The van der Waals surface area contributed by atoms with E-state index in [-0.39, 0.29) is 0 Å². The zero-order chi connectivity index (χ0) is 11.1. The van der Waals surface area contributed by atoms with Gasteiger partial charge in [0, 0.05) is 8.65 Å². The third kappa shape index (κ3) is 1.38. The van der Waals surface area contributed by atoms with Crippen molar-refractivity contribution in [2.75, 3.05) is 0 Å². The summed E-state index contributed by atoms with van der Waals surface area (Å²) in [5, 5.41) is 0. The van der Waals surface area contributed by atoms with Crippen molar-refractivity contribution >= 4 is 31.9 Å². The first-order chi connectivity index (χ1) is 7.46. The van der Waals surface area contributed by atoms with Crippen molar-refractivity contribution in [2.24, 2.45) is 29.6 Å². The van der Waals surface area contributed by atoms with E-state index in [2.05, 4.69) is 38.8 Å². The minimum Gasteiger partial charge on any atom is -0.0856 e. The number of rotatable bonds is 0. The first kappa shape index (κ1) is 10.8. The van der Waals surface area contributed by atoms with E-state index in [9.17, 15) is 0 Å². The molecule has 16 heavy (non-hydrogen) atoms. The van der Waals surface area contributed by atoms with Crippen molar-refractivity contribution in [3.63, 3.8) is 0 Å². The topological polar surface area (TPSA) is 0 Å². The van der Waals surface area contributed by atoms with Gasteiger partial charge in [0.05, 0.1) is 0 Å². The summed E-state index contributed by atoms with van der Waals surface area (Å²) in [6.07, 6.45) is 8.87. The predicted octanol–water partition coefficient (Wildman–Crippen LogP) is 4.75. The van der Waals surface area contributed by atoms with Gasteiger partial charge >= 0.3 is 0 Å². The first-order valence-electron chi connectivity index (χ1n) is 6.84. The van der Waals surface area contributed by atoms with Crippen LogP contribution < -0.4 is 0 Å². The lowest BCUT2D eigenvalue weighted by Crippen LogP contribution is -2.60. The summed E-state index contributed by atoms with van der Waals surface area (Å²) in [5.74, 6) is 5.25. The highest BCUT2D eigenvalue weighted by molar-refractivity contribution is 9.10. The fourth-order valence-corrected chi connectivity index (χ4v) is 7.79. The monoisotopic (exact) mass is 346 g/mol. The lowest BCUT2D eigenvalue weighted by atomic mass is 9.43. The molecular weight excluding hydrogens is 328 g/mol. The Balaban J connectivity index is 1.75. The van der Waals surface area contributed by atoms with Gasteiger partial charge in [-0.1, -0.05) is 31.9 Å². The number of hydrogen-bond donors (Lipinski definition) is 0. The second-order valence-corrected chi connectivity index (χ2v) is 10.9. The van der Waals surface area contributed by atoms with Gasteiger partial charge in [0.25, 0.3) is 0 Å². The van der Waals surface area contributed by atoms with Crippen molar-refractivity contribution in [3.05, 3.63) is 0 Å². The molecule has 0 aliphatic heterocycles. The van der Waals surface area contributed by atoms with Crippen LogP contribution in [-0.2, 0) is 0 Å². The van der Waals surface area contributed by atoms with Gasteiger partial charge in [0.2, 0.25) is 0 Å². The number of alkyl halides is 2. The smallest absolute Gasteiger partial charge is 0.0266 e. The van der Waals surface area contributed by atoms with Gasteiger partial charge in [-0.3, -0.25) is 0 Å². The van der Waals surface area contributed by atoms with E-state index in [1.807, 2.05) is 0 Å². The maximum absolute atomic E-state index is 4.08. The SMILES string of the molecule is CC1(Br)CC2C3CC4CC(Br)(C3)CC2C4C1. The van der Waals surface area contributed by atoms with Crippen molar-refractivity contribution in [1.82, 2.24) is 0 Å². The quantitative estimate of drug-likeness (QED) is 0.555. The van der Waals surface area contributed by atoms with Gasteiger partial charge in [0.15, 0.2) is 0 Å². The first-order valence-corrected chi connectivity index (χ1v) is 8.42. The fraction of sp³-hybridized carbons (Fsp3) is 1.00. The Kier molecular flexibility index (Phi) is 2.10. The Morgan fingerprint density at radius 1 is 0.812 bits per heavy atom. The van der Waals surface area contributed by atoms with Crippen molar-refractivity contribution < 1.29 is 0 Å². The lowest BCUT2D eigenvalue weighted by molar-refractivity contribution is -0.103. The molecule has 5 fully saturated rings. The Hall–Kier alpha value is 0.960. The second kappa shape index (κ2) is 3.10.